The highest BCUT2D eigenvalue weighted by atomic mass is 16.5. The summed E-state index contributed by atoms with van der Waals surface area (Å²) in [6.45, 7) is -0.0173. The van der Waals surface area contributed by atoms with Gasteiger partial charge >= 0.3 is 5.97 Å². The van der Waals surface area contributed by atoms with Gasteiger partial charge in [0.05, 0.1) is 12.8 Å². The van der Waals surface area contributed by atoms with Gasteiger partial charge in [-0.1, -0.05) is 18.2 Å². The van der Waals surface area contributed by atoms with Gasteiger partial charge in [-0.05, 0) is 18.2 Å². The largest absolute Gasteiger partial charge is 0.464 e. The lowest BCUT2D eigenvalue weighted by atomic mass is 10.3. The van der Waals surface area contributed by atoms with E-state index in [0.29, 0.717) is 11.4 Å². The number of nitrogens with one attached hydrogen (secondary N) is 1. The smallest absolute Gasteiger partial charge is 0.354 e. The van der Waals surface area contributed by atoms with Crippen LogP contribution in [0.4, 0.5) is 11.4 Å². The van der Waals surface area contributed by atoms with Crippen molar-refractivity contribution in [3.8, 4) is 0 Å². The molecule has 3 N–H and O–H groups in total. The third-order valence-corrected chi connectivity index (χ3v) is 2.68. The molecule has 0 unspecified atom stereocenters. The minimum Gasteiger partial charge on any atom is -0.464 e. The Morgan fingerprint density at radius 1 is 1.30 bits per heavy atom. The Morgan fingerprint density at radius 3 is 2.65 bits per heavy atom. The number of hydrogen-bond donors (Lipinski definition) is 2. The van der Waals surface area contributed by atoms with Crippen molar-refractivity contribution >= 4 is 23.3 Å². The van der Waals surface area contributed by atoms with Crippen LogP contribution in [0.1, 0.15) is 10.5 Å². The summed E-state index contributed by atoms with van der Waals surface area (Å²) < 4.78 is 6.10. The minimum atomic E-state index is -0.533. The van der Waals surface area contributed by atoms with E-state index in [1.165, 1.54) is 23.9 Å². The minimum absolute atomic E-state index is 0.0173. The van der Waals surface area contributed by atoms with Crippen LogP contribution in [0.3, 0.4) is 0 Å². The standard InChI is InChI=1S/C14H15N3O3/c1-20-14(19)12-7-10(15)8-17(12)9-13(18)16-11-5-3-2-4-6-11/h2-8H,9,15H2,1H3,(H,16,18). The summed E-state index contributed by atoms with van der Waals surface area (Å²) >= 11 is 0. The lowest BCUT2D eigenvalue weighted by molar-refractivity contribution is -0.116. The van der Waals surface area contributed by atoms with Gasteiger partial charge in [-0.25, -0.2) is 4.79 Å². The van der Waals surface area contributed by atoms with Crippen LogP contribution in [0.2, 0.25) is 0 Å². The van der Waals surface area contributed by atoms with Crippen molar-refractivity contribution in [3.05, 3.63) is 48.3 Å². The number of nitrogen functional groups attached to an aromatic ring is 1. The highest BCUT2D eigenvalue weighted by Crippen LogP contribution is 2.12. The van der Waals surface area contributed by atoms with Crippen molar-refractivity contribution in [1.29, 1.82) is 0 Å². The molecule has 20 heavy (non-hydrogen) atoms. The molecule has 2 aromatic rings. The Hall–Kier alpha value is -2.76. The predicted molar refractivity (Wildman–Crippen MR) is 75.3 cm³/mol. The summed E-state index contributed by atoms with van der Waals surface area (Å²) in [6, 6.07) is 10.5. The Bertz CT molecular complexity index is 620. The zero-order valence-corrected chi connectivity index (χ0v) is 11.0. The zero-order valence-electron chi connectivity index (χ0n) is 11.0. The first-order valence-corrected chi connectivity index (χ1v) is 5.99. The molecule has 0 saturated carbocycles. The second-order valence-electron chi connectivity index (χ2n) is 4.19. The molecule has 0 fully saturated rings. The van der Waals surface area contributed by atoms with E-state index in [4.69, 9.17) is 5.73 Å². The summed E-state index contributed by atoms with van der Waals surface area (Å²) in [5.41, 5.74) is 6.98. The molecular weight excluding hydrogens is 258 g/mol. The van der Waals surface area contributed by atoms with Crippen molar-refractivity contribution in [2.45, 2.75) is 6.54 Å². The summed E-state index contributed by atoms with van der Waals surface area (Å²) in [7, 11) is 1.28. The molecule has 104 valence electrons. The average Bonchev–Trinajstić information content (AvgIpc) is 2.79. The Morgan fingerprint density at radius 2 is 2.00 bits per heavy atom. The van der Waals surface area contributed by atoms with Gasteiger partial charge in [0.15, 0.2) is 0 Å². The molecule has 0 aliphatic carbocycles. The van der Waals surface area contributed by atoms with E-state index in [1.54, 1.807) is 12.1 Å². The van der Waals surface area contributed by atoms with Gasteiger partial charge in [-0.3, -0.25) is 4.79 Å². The quantitative estimate of drug-likeness (QED) is 0.826. The van der Waals surface area contributed by atoms with E-state index in [0.717, 1.165) is 0 Å². The van der Waals surface area contributed by atoms with Crippen LogP contribution in [0, 0.1) is 0 Å². The van der Waals surface area contributed by atoms with Gasteiger partial charge in [-0.2, -0.15) is 0 Å². The van der Waals surface area contributed by atoms with E-state index in [9.17, 15) is 9.59 Å². The highest BCUT2D eigenvalue weighted by molar-refractivity contribution is 5.93. The van der Waals surface area contributed by atoms with Crippen LogP contribution >= 0.6 is 0 Å². The number of benzene rings is 1. The van der Waals surface area contributed by atoms with Gasteiger partial charge in [-0.15, -0.1) is 0 Å². The molecule has 2 rings (SSSR count). The number of rotatable bonds is 4. The number of methoxy groups -OCH3 is 1. The molecular formula is C14H15N3O3. The van der Waals surface area contributed by atoms with E-state index >= 15 is 0 Å². The second kappa shape index (κ2) is 5.92. The van der Waals surface area contributed by atoms with Gasteiger partial charge in [0.25, 0.3) is 0 Å². The number of ether oxygens (including phenoxy) is 1. The molecule has 6 heteroatoms. The summed E-state index contributed by atoms with van der Waals surface area (Å²) in [5, 5.41) is 2.73. The number of amides is 1. The van der Waals surface area contributed by atoms with Gasteiger partial charge in [0.1, 0.15) is 12.2 Å². The SMILES string of the molecule is COC(=O)c1cc(N)cn1CC(=O)Nc1ccccc1. The molecule has 0 radical (unpaired) electrons. The number of anilines is 2. The average molecular weight is 273 g/mol. The molecule has 1 aromatic heterocycles. The molecule has 0 spiro atoms. The van der Waals surface area contributed by atoms with Gasteiger partial charge in [0, 0.05) is 11.9 Å². The zero-order chi connectivity index (χ0) is 14.5. The van der Waals surface area contributed by atoms with E-state index in [-0.39, 0.29) is 18.1 Å². The first-order valence-electron chi connectivity index (χ1n) is 5.99. The third-order valence-electron chi connectivity index (χ3n) is 2.68. The van der Waals surface area contributed by atoms with Crippen LogP contribution in [-0.4, -0.2) is 23.6 Å². The fourth-order valence-corrected chi connectivity index (χ4v) is 1.82. The molecule has 0 bridgehead atoms. The van der Waals surface area contributed by atoms with Gasteiger partial charge in [0.2, 0.25) is 5.91 Å². The molecule has 6 nitrogen and oxygen atoms in total. The monoisotopic (exact) mass is 273 g/mol. The lowest BCUT2D eigenvalue weighted by Gasteiger charge is -2.08. The molecule has 1 aromatic carbocycles. The van der Waals surface area contributed by atoms with E-state index in [2.05, 4.69) is 10.1 Å². The first kappa shape index (κ1) is 13.7. The van der Waals surface area contributed by atoms with Crippen LogP contribution in [-0.2, 0) is 16.1 Å². The van der Waals surface area contributed by atoms with Crippen molar-refractivity contribution in [2.75, 3.05) is 18.2 Å². The number of para-hydroxylation sites is 1. The van der Waals surface area contributed by atoms with Crippen molar-refractivity contribution in [3.63, 3.8) is 0 Å². The summed E-state index contributed by atoms with van der Waals surface area (Å²) in [5.74, 6) is -0.786. The van der Waals surface area contributed by atoms with Crippen molar-refractivity contribution in [1.82, 2.24) is 4.57 Å². The topological polar surface area (TPSA) is 86.3 Å². The van der Waals surface area contributed by atoms with E-state index < -0.39 is 5.97 Å². The first-order chi connectivity index (χ1) is 9.60. The maximum absolute atomic E-state index is 11.9. The number of nitrogens with zero attached hydrogens (tertiary/aromatic N) is 1. The second-order valence-corrected chi connectivity index (χ2v) is 4.19. The molecule has 0 aliphatic heterocycles. The van der Waals surface area contributed by atoms with E-state index in [1.807, 2.05) is 18.2 Å². The number of carbonyl (C=O) groups excluding carboxylic acids is 2. The molecule has 1 amide bonds. The Labute approximate surface area is 116 Å². The third kappa shape index (κ3) is 3.17. The maximum atomic E-state index is 11.9. The van der Waals surface area contributed by atoms with Crippen LogP contribution in [0.5, 0.6) is 0 Å². The molecule has 0 aliphatic rings. The number of nitrogens with two attached hydrogens (primary N) is 1. The van der Waals surface area contributed by atoms with Crippen molar-refractivity contribution < 1.29 is 14.3 Å². The number of esters is 1. The van der Waals surface area contributed by atoms with Crippen LogP contribution in [0.25, 0.3) is 0 Å². The van der Waals surface area contributed by atoms with Crippen LogP contribution in [0.15, 0.2) is 42.6 Å². The normalized spacial score (nSPS) is 10.1. The highest BCUT2D eigenvalue weighted by Gasteiger charge is 2.15. The molecule has 0 saturated heterocycles. The molecule has 1 heterocycles. The lowest BCUT2D eigenvalue weighted by Crippen LogP contribution is -2.21. The summed E-state index contributed by atoms with van der Waals surface area (Å²) in [4.78, 5) is 23.5. The Balaban J connectivity index is 2.10. The maximum Gasteiger partial charge on any atom is 0.354 e. The number of aromatic nitrogens is 1. The van der Waals surface area contributed by atoms with Crippen molar-refractivity contribution in [2.24, 2.45) is 0 Å². The molecule has 0 atom stereocenters. The fraction of sp³-hybridized carbons (Fsp3) is 0.143. The predicted octanol–water partition coefficient (Wildman–Crippen LogP) is 1.50. The number of hydrogen-bond acceptors (Lipinski definition) is 4. The fourth-order valence-electron chi connectivity index (χ4n) is 1.82. The summed E-state index contributed by atoms with van der Waals surface area (Å²) in [6.07, 6.45) is 1.52. The van der Waals surface area contributed by atoms with Gasteiger partial charge < -0.3 is 20.4 Å². The number of carbonyl (C=O) groups is 2. The Kier molecular flexibility index (Phi) is 4.05. The van der Waals surface area contributed by atoms with Crippen LogP contribution < -0.4 is 11.1 Å².